The average Bonchev–Trinajstić information content (AvgIpc) is 3.17. The van der Waals surface area contributed by atoms with Gasteiger partial charge in [0.25, 0.3) is 5.95 Å². The van der Waals surface area contributed by atoms with Gasteiger partial charge in [0.15, 0.2) is 0 Å². The van der Waals surface area contributed by atoms with Gasteiger partial charge in [-0.2, -0.15) is 0 Å². The number of hydrogen-bond donors (Lipinski definition) is 1. The Morgan fingerprint density at radius 3 is 2.63 bits per heavy atom. The SMILES string of the molecule is O=C(NC1CN2CCC1CC2)Oc1ccc(-c2ccc3ccccc3c2)o1. The molecule has 138 valence electrons. The molecule has 4 heterocycles. The fraction of sp³-hybridized carbons (Fsp3) is 0.318. The molecule has 3 aromatic rings. The lowest BCUT2D eigenvalue weighted by Gasteiger charge is -2.44. The van der Waals surface area contributed by atoms with Crippen LogP contribution in [-0.4, -0.2) is 36.7 Å². The Kier molecular flexibility index (Phi) is 4.09. The molecule has 2 aromatic carbocycles. The summed E-state index contributed by atoms with van der Waals surface area (Å²) < 4.78 is 11.1. The van der Waals surface area contributed by atoms with Crippen LogP contribution < -0.4 is 10.1 Å². The molecule has 0 spiro atoms. The van der Waals surface area contributed by atoms with E-state index < -0.39 is 6.09 Å². The summed E-state index contributed by atoms with van der Waals surface area (Å²) in [6.45, 7) is 3.21. The zero-order valence-corrected chi connectivity index (χ0v) is 15.1. The molecule has 1 unspecified atom stereocenters. The number of hydrogen-bond acceptors (Lipinski definition) is 4. The van der Waals surface area contributed by atoms with Crippen molar-refractivity contribution in [1.29, 1.82) is 0 Å². The molecule has 3 aliphatic rings. The van der Waals surface area contributed by atoms with Crippen molar-refractivity contribution in [2.24, 2.45) is 5.92 Å². The molecule has 3 fully saturated rings. The molecule has 0 aliphatic carbocycles. The van der Waals surface area contributed by atoms with Crippen LogP contribution >= 0.6 is 0 Å². The summed E-state index contributed by atoms with van der Waals surface area (Å²) in [5.41, 5.74) is 0.960. The molecule has 2 bridgehead atoms. The smallest absolute Gasteiger partial charge is 0.415 e. The third kappa shape index (κ3) is 3.30. The third-order valence-electron chi connectivity index (χ3n) is 5.77. The Morgan fingerprint density at radius 1 is 1.04 bits per heavy atom. The van der Waals surface area contributed by atoms with Crippen LogP contribution in [0.4, 0.5) is 4.79 Å². The predicted octanol–water partition coefficient (Wildman–Crippen LogP) is 4.28. The zero-order valence-electron chi connectivity index (χ0n) is 15.1. The van der Waals surface area contributed by atoms with Gasteiger partial charge in [-0.1, -0.05) is 36.4 Å². The Balaban J connectivity index is 1.26. The van der Waals surface area contributed by atoms with Crippen molar-refractivity contribution in [3.63, 3.8) is 0 Å². The van der Waals surface area contributed by atoms with Crippen LogP contribution in [0.5, 0.6) is 5.95 Å². The second-order valence-corrected chi connectivity index (χ2v) is 7.46. The van der Waals surface area contributed by atoms with E-state index in [1.54, 1.807) is 6.07 Å². The summed E-state index contributed by atoms with van der Waals surface area (Å²) in [6.07, 6.45) is 1.86. The second kappa shape index (κ2) is 6.74. The van der Waals surface area contributed by atoms with Gasteiger partial charge in [-0.3, -0.25) is 0 Å². The highest BCUT2D eigenvalue weighted by Crippen LogP contribution is 2.30. The van der Waals surface area contributed by atoms with E-state index in [4.69, 9.17) is 9.15 Å². The molecule has 6 rings (SSSR count). The Hall–Kier alpha value is -2.79. The van der Waals surface area contributed by atoms with Crippen molar-refractivity contribution in [2.75, 3.05) is 19.6 Å². The molecule has 3 saturated heterocycles. The van der Waals surface area contributed by atoms with Gasteiger partial charge in [-0.05, 0) is 54.8 Å². The highest BCUT2D eigenvalue weighted by atomic mass is 16.6. The number of benzene rings is 2. The lowest BCUT2D eigenvalue weighted by molar-refractivity contribution is 0.0715. The summed E-state index contributed by atoms with van der Waals surface area (Å²) in [5.74, 6) is 1.47. The average molecular weight is 362 g/mol. The molecule has 3 aliphatic heterocycles. The van der Waals surface area contributed by atoms with Crippen molar-refractivity contribution in [3.8, 4) is 17.3 Å². The van der Waals surface area contributed by atoms with E-state index in [9.17, 15) is 4.79 Å². The largest absolute Gasteiger partial charge is 0.425 e. The van der Waals surface area contributed by atoms with E-state index in [-0.39, 0.29) is 12.0 Å². The normalized spacial score (nSPS) is 24.1. The monoisotopic (exact) mass is 362 g/mol. The van der Waals surface area contributed by atoms with Gasteiger partial charge < -0.3 is 19.4 Å². The highest BCUT2D eigenvalue weighted by molar-refractivity contribution is 5.86. The minimum Gasteiger partial charge on any atom is -0.425 e. The molecule has 5 heteroatoms. The maximum atomic E-state index is 12.3. The molecular weight excluding hydrogens is 340 g/mol. The first kappa shape index (κ1) is 16.4. The molecule has 0 saturated carbocycles. The van der Waals surface area contributed by atoms with Crippen molar-refractivity contribution in [3.05, 3.63) is 54.6 Å². The maximum absolute atomic E-state index is 12.3. The van der Waals surface area contributed by atoms with E-state index in [0.717, 1.165) is 43.4 Å². The van der Waals surface area contributed by atoms with E-state index in [2.05, 4.69) is 34.5 Å². The molecular formula is C22H22N2O3. The first-order chi connectivity index (χ1) is 13.2. The highest BCUT2D eigenvalue weighted by Gasteiger charge is 2.35. The maximum Gasteiger partial charge on any atom is 0.415 e. The first-order valence-electron chi connectivity index (χ1n) is 9.54. The molecule has 5 nitrogen and oxygen atoms in total. The first-order valence-corrected chi connectivity index (χ1v) is 9.54. The van der Waals surface area contributed by atoms with Gasteiger partial charge in [0.2, 0.25) is 0 Å². The van der Waals surface area contributed by atoms with Gasteiger partial charge in [-0.15, -0.1) is 0 Å². The number of furan rings is 1. The van der Waals surface area contributed by atoms with E-state index in [1.807, 2.05) is 24.3 Å². The fourth-order valence-corrected chi connectivity index (χ4v) is 4.27. The van der Waals surface area contributed by atoms with Crippen LogP contribution in [0, 0.1) is 5.92 Å². The summed E-state index contributed by atoms with van der Waals surface area (Å²) in [4.78, 5) is 14.7. The molecule has 1 N–H and O–H groups in total. The van der Waals surface area contributed by atoms with E-state index >= 15 is 0 Å². The zero-order chi connectivity index (χ0) is 18.2. The molecule has 1 amide bonds. The van der Waals surface area contributed by atoms with Crippen LogP contribution in [0.15, 0.2) is 59.0 Å². The number of piperidine rings is 3. The van der Waals surface area contributed by atoms with Gasteiger partial charge in [-0.25, -0.2) is 4.79 Å². The van der Waals surface area contributed by atoms with Crippen LogP contribution in [0.25, 0.3) is 22.1 Å². The van der Waals surface area contributed by atoms with Crippen LogP contribution in [0.2, 0.25) is 0 Å². The van der Waals surface area contributed by atoms with Gasteiger partial charge in [0.05, 0.1) is 0 Å². The van der Waals surface area contributed by atoms with Gasteiger partial charge >= 0.3 is 6.09 Å². The Bertz CT molecular complexity index is 972. The third-order valence-corrected chi connectivity index (χ3v) is 5.77. The van der Waals surface area contributed by atoms with Crippen molar-refractivity contribution < 1.29 is 13.9 Å². The molecule has 1 atom stereocenters. The summed E-state index contributed by atoms with van der Waals surface area (Å²) in [7, 11) is 0. The summed E-state index contributed by atoms with van der Waals surface area (Å²) in [5, 5.41) is 5.34. The topological polar surface area (TPSA) is 54.7 Å². The van der Waals surface area contributed by atoms with E-state index in [0.29, 0.717) is 11.7 Å². The standard InChI is InChI=1S/C22H22N2O3/c25-22(23-19-14-24-11-9-16(19)10-12-24)27-21-8-7-20(26-21)18-6-5-15-3-1-2-4-17(15)13-18/h1-8,13,16,19H,9-12,14H2,(H,23,25). The number of rotatable bonds is 3. The van der Waals surface area contributed by atoms with E-state index in [1.165, 1.54) is 5.39 Å². The van der Waals surface area contributed by atoms with Crippen molar-refractivity contribution >= 4 is 16.9 Å². The van der Waals surface area contributed by atoms with Gasteiger partial charge in [0, 0.05) is 24.2 Å². The lowest BCUT2D eigenvalue weighted by Crippen LogP contribution is -2.57. The summed E-state index contributed by atoms with van der Waals surface area (Å²) >= 11 is 0. The quantitative estimate of drug-likeness (QED) is 0.755. The number of nitrogens with one attached hydrogen (secondary N) is 1. The number of amides is 1. The van der Waals surface area contributed by atoms with Gasteiger partial charge in [0.1, 0.15) is 5.76 Å². The minimum atomic E-state index is -0.437. The minimum absolute atomic E-state index is 0.176. The fourth-order valence-electron chi connectivity index (χ4n) is 4.27. The van der Waals surface area contributed by atoms with Crippen molar-refractivity contribution in [1.82, 2.24) is 10.2 Å². The lowest BCUT2D eigenvalue weighted by atomic mass is 9.84. The molecule has 0 radical (unpaired) electrons. The number of carbonyl (C=O) groups is 1. The number of carbonyl (C=O) groups excluding carboxylic acids is 1. The predicted molar refractivity (Wildman–Crippen MR) is 104 cm³/mol. The Morgan fingerprint density at radius 2 is 1.85 bits per heavy atom. The number of nitrogens with zero attached hydrogens (tertiary/aromatic N) is 1. The molecule has 27 heavy (non-hydrogen) atoms. The molecule has 1 aromatic heterocycles. The van der Waals surface area contributed by atoms with Crippen LogP contribution in [-0.2, 0) is 0 Å². The number of fused-ring (bicyclic) bond motifs is 4. The second-order valence-electron chi connectivity index (χ2n) is 7.46. The Labute approximate surface area is 157 Å². The van der Waals surface area contributed by atoms with Crippen LogP contribution in [0.1, 0.15) is 12.8 Å². The summed E-state index contributed by atoms with van der Waals surface area (Å²) in [6, 6.07) is 18.0. The van der Waals surface area contributed by atoms with Crippen molar-refractivity contribution in [2.45, 2.75) is 18.9 Å². The van der Waals surface area contributed by atoms with Crippen LogP contribution in [0.3, 0.4) is 0 Å². The number of ether oxygens (including phenoxy) is 1.